The Labute approximate surface area is 128 Å². The van der Waals surface area contributed by atoms with E-state index in [0.717, 1.165) is 0 Å². The number of halogens is 3. The average molecular weight is 314 g/mol. The number of carbonyl (C=O) groups is 1. The number of ether oxygens (including phenoxy) is 1. The van der Waals surface area contributed by atoms with E-state index in [4.69, 9.17) is 4.74 Å². The highest BCUT2D eigenvalue weighted by Gasteiger charge is 2.69. The molecule has 1 aromatic rings. The van der Waals surface area contributed by atoms with Crippen molar-refractivity contribution >= 4 is 5.97 Å². The lowest BCUT2D eigenvalue weighted by molar-refractivity contribution is -0.148. The molecule has 1 aliphatic carbocycles. The highest BCUT2D eigenvalue weighted by Crippen LogP contribution is 2.68. The molecule has 0 aliphatic heterocycles. The molecule has 1 fully saturated rings. The maximum atomic E-state index is 13.9. The van der Waals surface area contributed by atoms with E-state index in [1.54, 1.807) is 0 Å². The van der Waals surface area contributed by atoms with Gasteiger partial charge in [-0.3, -0.25) is 4.79 Å². The van der Waals surface area contributed by atoms with Crippen LogP contribution in [0.2, 0.25) is 0 Å². The van der Waals surface area contributed by atoms with Crippen LogP contribution in [-0.2, 0) is 16.1 Å². The summed E-state index contributed by atoms with van der Waals surface area (Å²) in [5, 5.41) is 0. The van der Waals surface area contributed by atoms with Crippen molar-refractivity contribution in [1.82, 2.24) is 0 Å². The lowest BCUT2D eigenvalue weighted by Crippen LogP contribution is -2.14. The zero-order chi connectivity index (χ0) is 17.0. The molecule has 0 aromatic heterocycles. The number of carbonyl (C=O) groups excluding carboxylic acids is 1. The quantitative estimate of drug-likeness (QED) is 0.609. The summed E-state index contributed by atoms with van der Waals surface area (Å²) in [4.78, 5) is 12.1. The van der Waals surface area contributed by atoms with Gasteiger partial charge < -0.3 is 4.74 Å². The first-order valence-corrected chi connectivity index (χ1v) is 7.23. The minimum atomic E-state index is -1.23. The van der Waals surface area contributed by atoms with Crippen LogP contribution in [0, 0.1) is 48.0 Å². The van der Waals surface area contributed by atoms with Gasteiger partial charge in [-0.1, -0.05) is 27.7 Å². The summed E-state index contributed by atoms with van der Waals surface area (Å²) in [6.45, 7) is 9.87. The summed E-state index contributed by atoms with van der Waals surface area (Å²) in [5.41, 5.74) is -1.05. The van der Waals surface area contributed by atoms with Crippen LogP contribution < -0.4 is 0 Å². The van der Waals surface area contributed by atoms with Gasteiger partial charge >= 0.3 is 5.97 Å². The summed E-state index contributed by atoms with van der Waals surface area (Å²) < 4.78 is 46.5. The molecule has 0 N–H and O–H groups in total. The predicted molar refractivity (Wildman–Crippen MR) is 76.6 cm³/mol. The number of hydrogen-bond acceptors (Lipinski definition) is 2. The molecule has 0 radical (unpaired) electrons. The Morgan fingerprint density at radius 1 is 0.955 bits per heavy atom. The second-order valence-corrected chi connectivity index (χ2v) is 7.15. The van der Waals surface area contributed by atoms with Crippen LogP contribution in [0.25, 0.3) is 0 Å². The van der Waals surface area contributed by atoms with Crippen molar-refractivity contribution in [2.75, 3.05) is 0 Å². The fourth-order valence-corrected chi connectivity index (χ4v) is 3.16. The molecule has 0 saturated heterocycles. The number of benzene rings is 1. The molecule has 22 heavy (non-hydrogen) atoms. The van der Waals surface area contributed by atoms with Gasteiger partial charge in [0.05, 0.1) is 5.92 Å². The molecule has 122 valence electrons. The largest absolute Gasteiger partial charge is 0.460 e. The first kappa shape index (κ1) is 16.8. The molecule has 0 spiro atoms. The van der Waals surface area contributed by atoms with E-state index in [0.29, 0.717) is 0 Å². The molecule has 1 aliphatic rings. The smallest absolute Gasteiger partial charge is 0.310 e. The Balaban J connectivity index is 2.19. The van der Waals surface area contributed by atoms with Crippen molar-refractivity contribution < 1.29 is 22.7 Å². The van der Waals surface area contributed by atoms with Crippen LogP contribution in [0.4, 0.5) is 13.2 Å². The molecule has 0 bridgehead atoms. The summed E-state index contributed by atoms with van der Waals surface area (Å²) in [7, 11) is 0. The van der Waals surface area contributed by atoms with Gasteiger partial charge in [0, 0.05) is 11.1 Å². The van der Waals surface area contributed by atoms with Gasteiger partial charge in [-0.2, -0.15) is 0 Å². The van der Waals surface area contributed by atoms with E-state index in [2.05, 4.69) is 0 Å². The maximum absolute atomic E-state index is 13.9. The molecule has 5 heteroatoms. The van der Waals surface area contributed by atoms with Crippen molar-refractivity contribution in [1.29, 1.82) is 0 Å². The summed E-state index contributed by atoms with van der Waals surface area (Å²) in [5.74, 6) is -3.96. The second kappa shape index (κ2) is 5.00. The second-order valence-electron chi connectivity index (χ2n) is 7.15. The van der Waals surface area contributed by atoms with E-state index in [-0.39, 0.29) is 33.4 Å². The van der Waals surface area contributed by atoms with Crippen molar-refractivity contribution in [2.45, 2.75) is 48.1 Å². The van der Waals surface area contributed by atoms with Crippen molar-refractivity contribution in [2.24, 2.45) is 16.7 Å². The van der Waals surface area contributed by atoms with Crippen LogP contribution in [0.1, 0.15) is 44.4 Å². The lowest BCUT2D eigenvalue weighted by atomic mass is 10.0. The number of rotatable bonds is 3. The van der Waals surface area contributed by atoms with Gasteiger partial charge in [0.1, 0.15) is 12.4 Å². The highest BCUT2D eigenvalue weighted by atomic mass is 19.2. The van der Waals surface area contributed by atoms with Gasteiger partial charge in [0.15, 0.2) is 11.6 Å². The average Bonchev–Trinajstić information content (AvgIpc) is 2.84. The molecular formula is C17H21F3O2. The van der Waals surface area contributed by atoms with Crippen LogP contribution in [0.5, 0.6) is 0 Å². The van der Waals surface area contributed by atoms with E-state index in [9.17, 15) is 18.0 Å². The van der Waals surface area contributed by atoms with Crippen LogP contribution in [0.3, 0.4) is 0 Å². The molecule has 2 rings (SSSR count). The van der Waals surface area contributed by atoms with Crippen LogP contribution in [0.15, 0.2) is 0 Å². The van der Waals surface area contributed by atoms with E-state index >= 15 is 0 Å². The van der Waals surface area contributed by atoms with Crippen molar-refractivity contribution in [3.63, 3.8) is 0 Å². The third kappa shape index (κ3) is 2.22. The third-order valence-electron chi connectivity index (χ3n) is 5.51. The summed E-state index contributed by atoms with van der Waals surface area (Å²) in [6.07, 6.45) is 0. The maximum Gasteiger partial charge on any atom is 0.310 e. The number of esters is 1. The molecule has 0 heterocycles. The van der Waals surface area contributed by atoms with Crippen molar-refractivity contribution in [3.8, 4) is 0 Å². The Hall–Kier alpha value is -1.52. The fourth-order valence-electron chi connectivity index (χ4n) is 3.16. The molecule has 2 nitrogen and oxygen atoms in total. The molecule has 0 amide bonds. The predicted octanol–water partition coefficient (Wildman–Crippen LogP) is 4.45. The number of hydrogen-bond donors (Lipinski definition) is 0. The first-order chi connectivity index (χ1) is 9.94. The fraction of sp³-hybridized carbons (Fsp3) is 0.588. The Morgan fingerprint density at radius 2 is 1.45 bits per heavy atom. The lowest BCUT2D eigenvalue weighted by Gasteiger charge is -2.13. The highest BCUT2D eigenvalue weighted by molar-refractivity contribution is 5.78. The first-order valence-electron chi connectivity index (χ1n) is 7.23. The minimum Gasteiger partial charge on any atom is -0.460 e. The van der Waals surface area contributed by atoms with Crippen LogP contribution in [-0.4, -0.2) is 5.97 Å². The Bertz CT molecular complexity index is 605. The van der Waals surface area contributed by atoms with E-state index < -0.39 is 30.0 Å². The minimum absolute atomic E-state index is 0.0292. The third-order valence-corrected chi connectivity index (χ3v) is 5.51. The summed E-state index contributed by atoms with van der Waals surface area (Å²) >= 11 is 0. The van der Waals surface area contributed by atoms with Gasteiger partial charge in [-0.25, -0.2) is 13.2 Å². The van der Waals surface area contributed by atoms with Crippen molar-refractivity contribution in [3.05, 3.63) is 34.1 Å². The molecular weight excluding hydrogens is 293 g/mol. The standard InChI is InChI=1S/C17H21F3O2/c1-8-10(13(20)12(19)9(2)11(8)18)7-22-15(21)14-16(3,4)17(14,5)6/h14H,7H2,1-6H3. The van der Waals surface area contributed by atoms with Gasteiger partial charge in [-0.05, 0) is 30.2 Å². The van der Waals surface area contributed by atoms with Gasteiger partial charge in [0.25, 0.3) is 0 Å². The normalized spacial score (nSPS) is 19.1. The molecule has 1 saturated carbocycles. The topological polar surface area (TPSA) is 26.3 Å². The van der Waals surface area contributed by atoms with Gasteiger partial charge in [0.2, 0.25) is 0 Å². The van der Waals surface area contributed by atoms with E-state index in [1.807, 2.05) is 27.7 Å². The summed E-state index contributed by atoms with van der Waals surface area (Å²) in [6, 6.07) is 0. The molecule has 0 atom stereocenters. The molecule has 1 aromatic carbocycles. The monoisotopic (exact) mass is 314 g/mol. The van der Waals surface area contributed by atoms with E-state index in [1.165, 1.54) is 13.8 Å². The van der Waals surface area contributed by atoms with Gasteiger partial charge in [-0.15, -0.1) is 0 Å². The van der Waals surface area contributed by atoms with Crippen LogP contribution >= 0.6 is 0 Å². The SMILES string of the molecule is Cc1c(F)c(C)c(COC(=O)C2C(C)(C)C2(C)C)c(F)c1F. The zero-order valence-corrected chi connectivity index (χ0v) is 13.7. The Kier molecular flexibility index (Phi) is 3.83. The zero-order valence-electron chi connectivity index (χ0n) is 13.7. The Morgan fingerprint density at radius 3 is 1.91 bits per heavy atom. The molecule has 0 unspecified atom stereocenters.